The lowest BCUT2D eigenvalue weighted by Crippen LogP contribution is -2.31. The number of aromatic nitrogens is 3. The number of hydrogen-bond donors (Lipinski definition) is 2. The van der Waals surface area contributed by atoms with Crippen LogP contribution in [0.2, 0.25) is 5.02 Å². The zero-order chi connectivity index (χ0) is 28.2. The number of hydrogen-bond acceptors (Lipinski definition) is 7. The van der Waals surface area contributed by atoms with Crippen LogP contribution in [-0.2, 0) is 15.3 Å². The van der Waals surface area contributed by atoms with Gasteiger partial charge in [-0.2, -0.15) is 4.98 Å². The highest BCUT2D eigenvalue weighted by Crippen LogP contribution is 2.37. The second-order valence-corrected chi connectivity index (χ2v) is 10.3. The van der Waals surface area contributed by atoms with E-state index in [2.05, 4.69) is 15.6 Å². The molecule has 3 aromatic carbocycles. The number of esters is 1. The Morgan fingerprint density at radius 3 is 2.45 bits per heavy atom. The van der Waals surface area contributed by atoms with Crippen LogP contribution in [0.1, 0.15) is 41.4 Å². The molecular weight excluding hydrogens is 553 g/mol. The maximum atomic E-state index is 13.8. The lowest BCUT2D eigenvalue weighted by atomic mass is 9.95. The second-order valence-electron chi connectivity index (χ2n) is 8.95. The number of allylic oxidation sites excluding steroid dienone is 1. The number of ether oxygens (including phenoxy) is 1. The predicted molar refractivity (Wildman–Crippen MR) is 153 cm³/mol. The Bertz CT molecular complexity index is 1570. The molecule has 5 rings (SSSR count). The van der Waals surface area contributed by atoms with Crippen LogP contribution in [0.4, 0.5) is 16.0 Å². The van der Waals surface area contributed by atoms with Gasteiger partial charge in [0.2, 0.25) is 11.1 Å². The molecule has 1 aliphatic rings. The van der Waals surface area contributed by atoms with E-state index in [-0.39, 0.29) is 18.3 Å². The lowest BCUT2D eigenvalue weighted by Gasteiger charge is -2.28. The summed E-state index contributed by atoms with van der Waals surface area (Å²) in [6.07, 6.45) is 0. The molecule has 1 aliphatic heterocycles. The van der Waals surface area contributed by atoms with Gasteiger partial charge >= 0.3 is 5.97 Å². The monoisotopic (exact) mass is 577 g/mol. The van der Waals surface area contributed by atoms with Crippen LogP contribution in [0.15, 0.2) is 89.2 Å². The zero-order valence-corrected chi connectivity index (χ0v) is 23.2. The van der Waals surface area contributed by atoms with Crippen molar-refractivity contribution in [3.63, 3.8) is 0 Å². The van der Waals surface area contributed by atoms with Gasteiger partial charge in [-0.3, -0.25) is 4.79 Å². The molecule has 1 atom stereocenters. The summed E-state index contributed by atoms with van der Waals surface area (Å²) in [6, 6.07) is 19.3. The molecule has 11 heteroatoms. The fourth-order valence-corrected chi connectivity index (χ4v) is 5.18. The SMILES string of the molecule is CCOC(=O)c1ccc(NC(=O)C2=C(C)Nc3nc(SCc4ccc(Cl)cc4)nn3[C@@H]2c2ccc(F)cc2)cc1. The van der Waals surface area contributed by atoms with Crippen molar-refractivity contribution in [2.45, 2.75) is 30.8 Å². The number of nitrogens with zero attached hydrogens (tertiary/aromatic N) is 3. The van der Waals surface area contributed by atoms with Crippen molar-refractivity contribution >= 4 is 46.9 Å². The largest absolute Gasteiger partial charge is 0.462 e. The number of carbonyl (C=O) groups excluding carboxylic acids is 2. The van der Waals surface area contributed by atoms with E-state index in [1.54, 1.807) is 54.9 Å². The third-order valence-corrected chi connectivity index (χ3v) is 7.36. The van der Waals surface area contributed by atoms with Gasteiger partial charge in [-0.25, -0.2) is 13.9 Å². The molecule has 0 aliphatic carbocycles. The van der Waals surface area contributed by atoms with Gasteiger partial charge in [0.15, 0.2) is 0 Å². The minimum Gasteiger partial charge on any atom is -0.462 e. The third kappa shape index (κ3) is 6.03. The van der Waals surface area contributed by atoms with Crippen LogP contribution in [-0.4, -0.2) is 33.2 Å². The summed E-state index contributed by atoms with van der Waals surface area (Å²) in [5.74, 6) is -0.0940. The van der Waals surface area contributed by atoms with Crippen LogP contribution in [0, 0.1) is 5.82 Å². The Labute approximate surface area is 239 Å². The summed E-state index contributed by atoms with van der Waals surface area (Å²) in [4.78, 5) is 30.3. The fraction of sp³-hybridized carbons (Fsp3) is 0.172. The summed E-state index contributed by atoms with van der Waals surface area (Å²) in [5.41, 5.74) is 3.60. The van der Waals surface area contributed by atoms with Gasteiger partial charge in [0.25, 0.3) is 5.91 Å². The molecule has 2 N–H and O–H groups in total. The van der Waals surface area contributed by atoms with Gasteiger partial charge in [-0.05, 0) is 73.5 Å². The molecule has 1 amide bonds. The van der Waals surface area contributed by atoms with Gasteiger partial charge < -0.3 is 15.4 Å². The molecule has 4 aromatic rings. The highest BCUT2D eigenvalue weighted by atomic mass is 35.5. The van der Waals surface area contributed by atoms with Crippen LogP contribution in [0.3, 0.4) is 0 Å². The van der Waals surface area contributed by atoms with E-state index in [4.69, 9.17) is 21.4 Å². The molecule has 1 aromatic heterocycles. The normalized spacial score (nSPS) is 14.3. The summed E-state index contributed by atoms with van der Waals surface area (Å²) in [6.45, 7) is 3.79. The molecule has 8 nitrogen and oxygen atoms in total. The van der Waals surface area contributed by atoms with Crippen LogP contribution < -0.4 is 10.6 Å². The predicted octanol–water partition coefficient (Wildman–Crippen LogP) is 6.47. The number of halogens is 2. The average molecular weight is 578 g/mol. The van der Waals surface area contributed by atoms with E-state index >= 15 is 0 Å². The Morgan fingerprint density at radius 1 is 1.07 bits per heavy atom. The van der Waals surface area contributed by atoms with Crippen molar-refractivity contribution in [1.82, 2.24) is 14.8 Å². The van der Waals surface area contributed by atoms with Crippen LogP contribution in [0.25, 0.3) is 0 Å². The van der Waals surface area contributed by atoms with Crippen molar-refractivity contribution in [2.24, 2.45) is 0 Å². The molecule has 0 unspecified atom stereocenters. The Hall–Kier alpha value is -4.15. The first-order valence-corrected chi connectivity index (χ1v) is 13.8. The van der Waals surface area contributed by atoms with E-state index in [0.717, 1.165) is 5.56 Å². The van der Waals surface area contributed by atoms with Gasteiger partial charge in [0, 0.05) is 22.2 Å². The van der Waals surface area contributed by atoms with Crippen molar-refractivity contribution in [1.29, 1.82) is 0 Å². The minimum absolute atomic E-state index is 0.272. The van der Waals surface area contributed by atoms with Crippen molar-refractivity contribution < 1.29 is 18.7 Å². The summed E-state index contributed by atoms with van der Waals surface area (Å²) in [5, 5.41) is 12.0. The molecule has 0 fully saturated rings. The van der Waals surface area contributed by atoms with Crippen molar-refractivity contribution in [3.8, 4) is 0 Å². The molecule has 40 heavy (non-hydrogen) atoms. The maximum Gasteiger partial charge on any atom is 0.338 e. The average Bonchev–Trinajstić information content (AvgIpc) is 3.35. The first-order chi connectivity index (χ1) is 19.3. The van der Waals surface area contributed by atoms with E-state index in [1.165, 1.54) is 23.9 Å². The Kier molecular flexibility index (Phi) is 8.18. The molecular formula is C29H25ClFN5O3S. The molecule has 0 saturated heterocycles. The number of benzene rings is 3. The van der Waals surface area contributed by atoms with Crippen LogP contribution >= 0.6 is 23.4 Å². The van der Waals surface area contributed by atoms with E-state index in [1.807, 2.05) is 24.3 Å². The summed E-state index contributed by atoms with van der Waals surface area (Å²) >= 11 is 7.44. The number of rotatable bonds is 8. The quantitative estimate of drug-likeness (QED) is 0.183. The van der Waals surface area contributed by atoms with Gasteiger partial charge in [0.05, 0.1) is 17.7 Å². The first kappa shape index (κ1) is 27.4. The topological polar surface area (TPSA) is 98.1 Å². The number of nitrogens with one attached hydrogen (secondary N) is 2. The molecule has 0 saturated carbocycles. The van der Waals surface area contributed by atoms with Gasteiger partial charge in [0.1, 0.15) is 11.9 Å². The Balaban J connectivity index is 1.42. The number of anilines is 2. The van der Waals surface area contributed by atoms with Crippen LogP contribution in [0.5, 0.6) is 0 Å². The fourth-order valence-electron chi connectivity index (χ4n) is 4.27. The second kappa shape index (κ2) is 11.9. The molecule has 204 valence electrons. The summed E-state index contributed by atoms with van der Waals surface area (Å²) < 4.78 is 20.5. The zero-order valence-electron chi connectivity index (χ0n) is 21.7. The highest BCUT2D eigenvalue weighted by Gasteiger charge is 2.34. The smallest absolute Gasteiger partial charge is 0.338 e. The molecule has 0 bridgehead atoms. The summed E-state index contributed by atoms with van der Waals surface area (Å²) in [7, 11) is 0. The molecule has 0 radical (unpaired) electrons. The standard InChI is InChI=1S/C29H25ClFN5O3S/c1-3-39-27(38)20-8-14-23(15-9-20)33-26(37)24-17(2)32-28-34-29(40-16-18-4-10-21(30)11-5-18)35-36(28)25(24)19-6-12-22(31)13-7-19/h4-15,25H,3,16H2,1-2H3,(H,33,37)(H,32,34,35)/t25-/m1/s1. The minimum atomic E-state index is -0.659. The van der Waals surface area contributed by atoms with E-state index in [9.17, 15) is 14.0 Å². The third-order valence-electron chi connectivity index (χ3n) is 6.20. The lowest BCUT2D eigenvalue weighted by molar-refractivity contribution is -0.113. The number of fused-ring (bicyclic) bond motifs is 1. The molecule has 2 heterocycles. The van der Waals surface area contributed by atoms with Gasteiger partial charge in [-0.1, -0.05) is 47.6 Å². The number of carbonyl (C=O) groups is 2. The maximum absolute atomic E-state index is 13.8. The van der Waals surface area contributed by atoms with E-state index < -0.39 is 12.0 Å². The highest BCUT2D eigenvalue weighted by molar-refractivity contribution is 7.98. The molecule has 0 spiro atoms. The van der Waals surface area contributed by atoms with E-state index in [0.29, 0.717) is 50.0 Å². The van der Waals surface area contributed by atoms with Gasteiger partial charge in [-0.15, -0.1) is 5.10 Å². The first-order valence-electron chi connectivity index (χ1n) is 12.5. The number of amides is 1. The number of thioether (sulfide) groups is 1. The van der Waals surface area contributed by atoms with Crippen molar-refractivity contribution in [3.05, 3.63) is 112 Å². The Morgan fingerprint density at radius 2 is 1.77 bits per heavy atom. The van der Waals surface area contributed by atoms with Crippen molar-refractivity contribution in [2.75, 3.05) is 17.2 Å².